The van der Waals surface area contributed by atoms with Crippen LogP contribution in [0.4, 0.5) is 10.2 Å². The lowest BCUT2D eigenvalue weighted by Gasteiger charge is -2.37. The molecule has 10 nitrogen and oxygen atoms in total. The van der Waals surface area contributed by atoms with E-state index < -0.39 is 6.17 Å². The Bertz CT molecular complexity index is 1420. The van der Waals surface area contributed by atoms with Gasteiger partial charge in [0.2, 0.25) is 5.95 Å². The maximum atomic E-state index is 14.9. The number of benzene rings is 1. The van der Waals surface area contributed by atoms with Crippen molar-refractivity contribution >= 4 is 28.0 Å². The predicted molar refractivity (Wildman–Crippen MR) is 141 cm³/mol. The van der Waals surface area contributed by atoms with Gasteiger partial charge in [0.15, 0.2) is 17.0 Å². The molecule has 6 rings (SSSR count). The number of para-hydroxylation sites is 2. The lowest BCUT2D eigenvalue weighted by Crippen LogP contribution is -2.50. The number of likely N-dealkylation sites (tertiary alicyclic amines) is 1. The Balaban J connectivity index is 1.42. The number of aryl methyl sites for hydroxylation is 2. The summed E-state index contributed by atoms with van der Waals surface area (Å²) in [5.41, 5.74) is 3.40. The number of ether oxygens (including phenoxy) is 1. The second-order valence-electron chi connectivity index (χ2n) is 10.3. The quantitative estimate of drug-likeness (QED) is 0.407. The van der Waals surface area contributed by atoms with Gasteiger partial charge in [-0.3, -0.25) is 9.47 Å². The molecule has 0 N–H and O–H groups in total. The van der Waals surface area contributed by atoms with Crippen molar-refractivity contribution < 1.29 is 9.13 Å². The number of piperidine rings is 1. The fraction of sp³-hybridized carbons (Fsp3) is 0.538. The monoisotopic (exact) mass is 507 g/mol. The summed E-state index contributed by atoms with van der Waals surface area (Å²) < 4.78 is 24.5. The Morgan fingerprint density at radius 3 is 2.59 bits per heavy atom. The van der Waals surface area contributed by atoms with Crippen LogP contribution in [0.5, 0.6) is 0 Å². The fourth-order valence-electron chi connectivity index (χ4n) is 5.60. The maximum Gasteiger partial charge on any atom is 0.239 e. The van der Waals surface area contributed by atoms with E-state index in [-0.39, 0.29) is 6.04 Å². The van der Waals surface area contributed by atoms with Crippen LogP contribution in [0.2, 0.25) is 0 Å². The molecule has 4 aromatic rings. The lowest BCUT2D eigenvalue weighted by molar-refractivity contribution is 0.0530. The molecule has 0 aliphatic carbocycles. The number of nitrogens with zero attached hydrogens (tertiary/aromatic N) is 9. The number of morpholine rings is 1. The highest BCUT2D eigenvalue weighted by atomic mass is 19.1. The van der Waals surface area contributed by atoms with Crippen LogP contribution in [0, 0.1) is 6.92 Å². The Labute approximate surface area is 215 Å². The number of hydrogen-bond donors (Lipinski definition) is 0. The zero-order chi connectivity index (χ0) is 25.7. The van der Waals surface area contributed by atoms with Crippen LogP contribution in [0.3, 0.4) is 0 Å². The highest BCUT2D eigenvalue weighted by Crippen LogP contribution is 2.29. The molecule has 37 heavy (non-hydrogen) atoms. The van der Waals surface area contributed by atoms with Crippen LogP contribution in [-0.4, -0.2) is 105 Å². The van der Waals surface area contributed by atoms with Crippen molar-refractivity contribution in [1.29, 1.82) is 0 Å². The molecule has 0 spiro atoms. The van der Waals surface area contributed by atoms with Gasteiger partial charge in [0, 0.05) is 39.3 Å². The topological polar surface area (TPSA) is 80.4 Å². The molecule has 2 aliphatic rings. The smallest absolute Gasteiger partial charge is 0.239 e. The molecule has 1 aromatic carbocycles. The Morgan fingerprint density at radius 2 is 1.84 bits per heavy atom. The zero-order valence-corrected chi connectivity index (χ0v) is 21.9. The fourth-order valence-corrected chi connectivity index (χ4v) is 5.60. The molecular formula is C26H34FN9O. The minimum absolute atomic E-state index is 0.0358. The first-order chi connectivity index (χ1) is 17.9. The number of anilines is 1. The van der Waals surface area contributed by atoms with E-state index in [0.29, 0.717) is 32.3 Å². The van der Waals surface area contributed by atoms with E-state index in [4.69, 9.17) is 24.7 Å². The number of alkyl halides is 1. The van der Waals surface area contributed by atoms with E-state index >= 15 is 0 Å². The SMILES string of the molecule is Cc1nc2ccccc2n1-c1nc(N2CCOCC2)c2nc(CN3CC[C@@H](N(C)C)[C@@H](F)C3)n(C)c2n1. The largest absolute Gasteiger partial charge is 0.378 e. The van der Waals surface area contributed by atoms with Crippen LogP contribution in [0.25, 0.3) is 28.1 Å². The van der Waals surface area contributed by atoms with Gasteiger partial charge in [-0.2, -0.15) is 9.97 Å². The molecule has 0 radical (unpaired) electrons. The first-order valence-corrected chi connectivity index (χ1v) is 12.9. The molecule has 196 valence electrons. The molecule has 5 heterocycles. The highest BCUT2D eigenvalue weighted by molar-refractivity contribution is 5.86. The van der Waals surface area contributed by atoms with Crippen molar-refractivity contribution in [1.82, 2.24) is 38.9 Å². The molecule has 2 atom stereocenters. The van der Waals surface area contributed by atoms with Gasteiger partial charge in [-0.15, -0.1) is 0 Å². The third-order valence-corrected chi connectivity index (χ3v) is 7.64. The number of hydrogen-bond acceptors (Lipinski definition) is 8. The average Bonchev–Trinajstić information content (AvgIpc) is 3.39. The molecule has 0 bridgehead atoms. The summed E-state index contributed by atoms with van der Waals surface area (Å²) in [4.78, 5) is 26.2. The van der Waals surface area contributed by atoms with E-state index in [0.717, 1.165) is 65.7 Å². The summed E-state index contributed by atoms with van der Waals surface area (Å²) in [7, 11) is 5.89. The first kappa shape index (κ1) is 24.2. The Kier molecular flexibility index (Phi) is 6.29. The Morgan fingerprint density at radius 1 is 1.05 bits per heavy atom. The summed E-state index contributed by atoms with van der Waals surface area (Å²) in [6.07, 6.45) is -0.0834. The van der Waals surface area contributed by atoms with Gasteiger partial charge in [-0.05, 0) is 39.6 Å². The molecule has 0 unspecified atom stereocenters. The van der Waals surface area contributed by atoms with E-state index in [1.807, 2.05) is 66.4 Å². The van der Waals surface area contributed by atoms with Crippen molar-refractivity contribution in [3.8, 4) is 5.95 Å². The second-order valence-corrected chi connectivity index (χ2v) is 10.3. The average molecular weight is 508 g/mol. The molecule has 2 saturated heterocycles. The van der Waals surface area contributed by atoms with Crippen LogP contribution < -0.4 is 4.90 Å². The van der Waals surface area contributed by atoms with Crippen molar-refractivity contribution in [2.24, 2.45) is 7.05 Å². The maximum absolute atomic E-state index is 14.9. The molecule has 0 amide bonds. The Hall–Kier alpha value is -3.15. The molecule has 0 saturated carbocycles. The van der Waals surface area contributed by atoms with Crippen LogP contribution >= 0.6 is 0 Å². The minimum Gasteiger partial charge on any atom is -0.378 e. The molecular weight excluding hydrogens is 473 g/mol. The van der Waals surface area contributed by atoms with Crippen LogP contribution in [-0.2, 0) is 18.3 Å². The van der Waals surface area contributed by atoms with Gasteiger partial charge >= 0.3 is 0 Å². The summed E-state index contributed by atoms with van der Waals surface area (Å²) >= 11 is 0. The zero-order valence-electron chi connectivity index (χ0n) is 21.9. The number of halogens is 1. The molecule has 2 aliphatic heterocycles. The van der Waals surface area contributed by atoms with Crippen molar-refractivity contribution in [2.75, 3.05) is 58.4 Å². The molecule has 11 heteroatoms. The number of fused-ring (bicyclic) bond motifs is 2. The highest BCUT2D eigenvalue weighted by Gasteiger charge is 2.31. The third kappa shape index (κ3) is 4.34. The summed E-state index contributed by atoms with van der Waals surface area (Å²) in [5.74, 6) is 3.06. The first-order valence-electron chi connectivity index (χ1n) is 12.9. The standard InChI is InChI=1S/C26H34FN9O/c1-17-28-19-7-5-6-8-21(19)36(17)26-30-24-23(25(31-26)35-11-13-37-14-12-35)29-22(33(24)4)16-34-10-9-20(32(2)3)18(27)15-34/h5-8,18,20H,9-16H2,1-4H3/t18-,20+/m0/s1. The summed E-state index contributed by atoms with van der Waals surface area (Å²) in [5, 5.41) is 0. The van der Waals surface area contributed by atoms with Crippen molar-refractivity contribution in [2.45, 2.75) is 32.1 Å². The van der Waals surface area contributed by atoms with Gasteiger partial charge in [-0.25, -0.2) is 14.4 Å². The number of rotatable bonds is 5. The van der Waals surface area contributed by atoms with Gasteiger partial charge in [0.1, 0.15) is 17.8 Å². The van der Waals surface area contributed by atoms with Gasteiger partial charge in [0.05, 0.1) is 30.8 Å². The van der Waals surface area contributed by atoms with Gasteiger partial charge < -0.3 is 19.1 Å². The molecule has 2 fully saturated rings. The number of imidazole rings is 2. The van der Waals surface area contributed by atoms with Crippen LogP contribution in [0.1, 0.15) is 18.1 Å². The second kappa shape index (κ2) is 9.62. The summed E-state index contributed by atoms with van der Waals surface area (Å²) in [6, 6.07) is 7.99. The predicted octanol–water partition coefficient (Wildman–Crippen LogP) is 2.32. The van der Waals surface area contributed by atoms with Crippen molar-refractivity contribution in [3.63, 3.8) is 0 Å². The van der Waals surface area contributed by atoms with Gasteiger partial charge in [0.25, 0.3) is 0 Å². The molecule has 3 aromatic heterocycles. The van der Waals surface area contributed by atoms with Crippen molar-refractivity contribution in [3.05, 3.63) is 35.9 Å². The minimum atomic E-state index is -0.883. The van der Waals surface area contributed by atoms with E-state index in [1.165, 1.54) is 0 Å². The van der Waals surface area contributed by atoms with E-state index in [1.54, 1.807) is 0 Å². The summed E-state index contributed by atoms with van der Waals surface area (Å²) in [6.45, 7) is 6.54. The third-order valence-electron chi connectivity index (χ3n) is 7.64. The lowest BCUT2D eigenvalue weighted by atomic mass is 10.0. The van der Waals surface area contributed by atoms with Crippen LogP contribution in [0.15, 0.2) is 24.3 Å². The number of aromatic nitrogens is 6. The van der Waals surface area contributed by atoms with E-state index in [9.17, 15) is 4.39 Å². The van der Waals surface area contributed by atoms with E-state index in [2.05, 4.69) is 9.80 Å². The normalized spacial score (nSPS) is 21.5. The van der Waals surface area contributed by atoms with Gasteiger partial charge in [-0.1, -0.05) is 12.1 Å².